The van der Waals surface area contributed by atoms with Crippen molar-refractivity contribution in [1.29, 1.82) is 0 Å². The summed E-state index contributed by atoms with van der Waals surface area (Å²) >= 11 is 9.65. The molecule has 0 rings (SSSR count). The van der Waals surface area contributed by atoms with Crippen molar-refractivity contribution in [3.8, 4) is 0 Å². The van der Waals surface area contributed by atoms with Crippen LogP contribution in [-0.4, -0.2) is 0 Å². The first-order valence-electron chi connectivity index (χ1n) is 14.0. The van der Waals surface area contributed by atoms with Gasteiger partial charge in [-0.3, -0.25) is 0 Å². The van der Waals surface area contributed by atoms with Gasteiger partial charge in [-0.15, -0.1) is 0 Å². The zero-order valence-corrected chi connectivity index (χ0v) is 104. The molecule has 0 aromatic rings. The second-order valence-electron chi connectivity index (χ2n) is 5.65. The van der Waals surface area contributed by atoms with Crippen LogP contribution in [0.1, 0.15) is 0 Å². The Morgan fingerprint density at radius 3 is 0.129 bits per heavy atom. The van der Waals surface area contributed by atoms with Gasteiger partial charge in [0.15, 0.2) is 0 Å². The van der Waals surface area contributed by atoms with E-state index in [0.717, 1.165) is 0 Å². The lowest BCUT2D eigenvalue weighted by Gasteiger charge is -1.41. The molecule has 0 fully saturated rings. The molecule has 0 unspecified atom stereocenters. The zero-order chi connectivity index (χ0) is 60.7. The van der Waals surface area contributed by atoms with Crippen molar-refractivity contribution >= 4 is 759 Å². The van der Waals surface area contributed by atoms with E-state index in [1.165, 1.54) is 17.8 Å². The molecule has 0 heterocycles. The van der Waals surface area contributed by atoms with Crippen molar-refractivity contribution in [3.63, 3.8) is 0 Å². The molecule has 0 aliphatic carbocycles. The van der Waals surface area contributed by atoms with Gasteiger partial charge in [-0.2, -0.15) is 0 Å². The monoisotopic (exact) mass is 2720 g/mol. The third-order valence-electron chi connectivity index (χ3n) is 2.28. The first-order chi connectivity index (χ1) is 42.4. The maximum Gasteiger partial charge on any atom is 0 e. The second-order valence-corrected chi connectivity index (χ2v) is 152. The van der Waals surface area contributed by atoms with Crippen LogP contribution in [-0.2, 0) is 759 Å². The van der Waals surface area contributed by atoms with Gasteiger partial charge >= 0.3 is 0 Å². The first kappa shape index (κ1) is 104. The summed E-state index contributed by atoms with van der Waals surface area (Å²) in [6, 6.07) is 0. The Bertz CT molecular complexity index is 6160. The highest BCUT2D eigenvalue weighted by Crippen LogP contribution is 1.49. The minimum absolute atomic E-state index is 1.37. The molecule has 0 atom stereocenters. The number of hydrogen-bond donors (Lipinski definition) is 0. The lowest BCUT2D eigenvalue weighted by atomic mass is 30.7. The molecule has 0 aliphatic heterocycles. The predicted octanol–water partition coefficient (Wildman–Crippen LogP) is -0.204. The summed E-state index contributed by atoms with van der Waals surface area (Å²) in [5, 5.41) is 0. The lowest BCUT2D eigenvalue weighted by Crippen LogP contribution is -1.41. The highest BCUT2D eigenvalue weighted by molar-refractivity contribution is 8.86. The molecule has 0 N–H and O–H groups in total. The van der Waals surface area contributed by atoms with Crippen LogP contribution in [0.3, 0.4) is 0 Å². The molecule has 0 aromatic heterocycles. The Kier molecular flexibility index (Phi) is 125. The summed E-state index contributed by atoms with van der Waals surface area (Å²) in [6.45, 7) is 0. The first-order valence-corrected chi connectivity index (χ1v) is 126. The molecule has 85 heavy (non-hydrogen) atoms. The third kappa shape index (κ3) is 103. The molecule has 0 aromatic carbocycles. The molecule has 0 radical (unpaired) electrons. The number of hydrogen-bond acceptors (Lipinski definition) is 2. The molecule has 0 saturated heterocycles. The summed E-state index contributed by atoms with van der Waals surface area (Å²) in [5.74, 6) is 0. The van der Waals surface area contributed by atoms with E-state index < -0.39 is 0 Å². The third-order valence-corrected chi connectivity index (χ3v) is 184. The van der Waals surface area contributed by atoms with Crippen molar-refractivity contribution in [2.75, 3.05) is 0 Å². The topological polar surface area (TPSA) is 0 Å². The Labute approximate surface area is 735 Å². The molecular formula is S85. The van der Waals surface area contributed by atoms with E-state index in [0.29, 0.717) is 0 Å². The van der Waals surface area contributed by atoms with Crippen LogP contribution in [0.25, 0.3) is 0 Å². The molecule has 0 bridgehead atoms. The van der Waals surface area contributed by atoms with E-state index in [1.807, 2.05) is 613 Å². The van der Waals surface area contributed by atoms with Crippen LogP contribution in [0.2, 0.25) is 0 Å². The van der Waals surface area contributed by atoms with Gasteiger partial charge < -0.3 is 0 Å². The van der Waals surface area contributed by atoms with E-state index in [2.05, 4.69) is 0 Å². The van der Waals surface area contributed by atoms with Crippen molar-refractivity contribution in [1.82, 2.24) is 0 Å². The smallest absolute Gasteiger partial charge is 0 e. The fourth-order valence-electron chi connectivity index (χ4n) is 0.919. The van der Waals surface area contributed by atoms with Gasteiger partial charge in [-0.25, -0.2) is 0 Å². The Morgan fingerprint density at radius 2 is 0.0941 bits per heavy atom. The van der Waals surface area contributed by atoms with Crippen molar-refractivity contribution in [2.24, 2.45) is 0 Å². The van der Waals surface area contributed by atoms with Crippen molar-refractivity contribution in [3.05, 3.63) is 0 Å². The SMILES string of the molecule is S=S=S=S=S=S=S=S=S=S=S=S=S=S=S=S=S=S=S=S=S=S=S=S=S=S=S=S=S=S=S=S=S=S=S=S=S=S=S=S=S=S=S=S=S=S=S=S=S=S=S=S=S=S=S=S=S=S=S=S=S=S=S=S=S=S=S=S=S=S=S=S=S=S=S=S=S=S=S=S=S=S=S=S=S. The average Bonchev–Trinajstić information content (AvgIpc) is 3.51. The normalized spacial score (nSPS) is 7.86. The summed E-state index contributed by atoms with van der Waals surface area (Å²) in [7, 11) is 150. The van der Waals surface area contributed by atoms with Gasteiger partial charge in [-0.05, 0) is 0 Å². The molecule has 0 aliphatic rings. The molecule has 0 nitrogen and oxygen atoms in total. The highest BCUT2D eigenvalue weighted by Gasteiger charge is 1.49. The van der Waals surface area contributed by atoms with Crippen LogP contribution in [0, 0.1) is 0 Å². The van der Waals surface area contributed by atoms with Gasteiger partial charge in [-0.1, -0.05) is 0 Å². The molecule has 85 heteroatoms. The van der Waals surface area contributed by atoms with E-state index in [-0.39, 0.29) is 0 Å². The summed E-state index contributed by atoms with van der Waals surface area (Å²) in [6.07, 6.45) is 0. The van der Waals surface area contributed by atoms with E-state index in [4.69, 9.17) is 22.4 Å². The average molecular weight is 2730 g/mol. The summed E-state index contributed by atoms with van der Waals surface area (Å²) in [5.41, 5.74) is 0. The van der Waals surface area contributed by atoms with E-state index in [1.54, 1.807) is 107 Å². The maximum atomic E-state index is 4.83. The van der Waals surface area contributed by atoms with E-state index >= 15 is 0 Å². The zero-order valence-electron chi connectivity index (χ0n) is 34.7. The molecule has 0 amide bonds. The molecule has 0 spiro atoms. The molecule has 0 saturated carbocycles. The van der Waals surface area contributed by atoms with Crippen molar-refractivity contribution in [2.45, 2.75) is 0 Å². The maximum absolute atomic E-state index is 4.83. The van der Waals surface area contributed by atoms with E-state index in [9.17, 15) is 0 Å². The number of rotatable bonds is 0. The Morgan fingerprint density at radius 1 is 0.0588 bits per heavy atom. The quantitative estimate of drug-likeness (QED) is 0.330. The van der Waals surface area contributed by atoms with Crippen molar-refractivity contribution < 1.29 is 0 Å². The lowest BCUT2D eigenvalue weighted by molar-refractivity contribution is 5.95. The Balaban J connectivity index is 6.16. The minimum Gasteiger partial charge on any atom is 0 e. The molecular weight excluding hydrogens is 2730 g/mol. The van der Waals surface area contributed by atoms with Crippen LogP contribution < -0.4 is 0 Å². The van der Waals surface area contributed by atoms with Gasteiger partial charge in [0.2, 0.25) is 0 Å². The minimum atomic E-state index is 1.37. The highest BCUT2D eigenvalue weighted by atomic mass is 33.6. The summed E-state index contributed by atoms with van der Waals surface area (Å²) in [4.78, 5) is 0. The van der Waals surface area contributed by atoms with Crippen LogP contribution in [0.4, 0.5) is 0 Å². The summed E-state index contributed by atoms with van der Waals surface area (Å²) < 4.78 is 0. The Hall–Kier alpha value is 18.7. The standard InChI is InChI=1S/S85/c1-3-5-7-9-11-13-15-17-19-21-23-25-27-29-31-33-35-37-39-41-43-45-47-49-51-53-55-57-59-61-63-65-67-69-71-73-75-77-79-81-83-85-84-82-80-78-76-74-72-70-68-66-64-62-60-58-56-54-52-50-48-46-44-42-40-38-36-34-32-30-28-26-24-22-20-18-16-14-12-10-8-6-4-2. The van der Waals surface area contributed by atoms with Crippen LogP contribution >= 0.6 is 0 Å². The van der Waals surface area contributed by atoms with Crippen LogP contribution in [0.5, 0.6) is 0 Å². The fourth-order valence-corrected chi connectivity index (χ4v) is 223. The van der Waals surface area contributed by atoms with Gasteiger partial charge in [0, 0.05) is 759 Å². The van der Waals surface area contributed by atoms with Gasteiger partial charge in [0.1, 0.15) is 0 Å². The fraction of sp³-hybridized carbons (Fsp3) is 0. The molecule has 510 valence electrons. The van der Waals surface area contributed by atoms with Gasteiger partial charge in [0.05, 0.1) is 0 Å². The largest absolute Gasteiger partial charge is 0 e. The van der Waals surface area contributed by atoms with Crippen LogP contribution in [0.15, 0.2) is 0 Å². The second kappa shape index (κ2) is 103. The van der Waals surface area contributed by atoms with Gasteiger partial charge in [0.25, 0.3) is 0 Å². The predicted molar refractivity (Wildman–Crippen MR) is 626 cm³/mol.